The first-order chi connectivity index (χ1) is 11.2. The highest BCUT2D eigenvalue weighted by atomic mass is 127. The lowest BCUT2D eigenvalue weighted by atomic mass is 10.1. The number of halogens is 4. The molecule has 0 saturated carbocycles. The van der Waals surface area contributed by atoms with Crippen LogP contribution in [0.5, 0.6) is 0 Å². The summed E-state index contributed by atoms with van der Waals surface area (Å²) in [7, 11) is 1.63. The van der Waals surface area contributed by atoms with E-state index in [1.165, 1.54) is 10.5 Å². The Kier molecular flexibility index (Phi) is 7.44. The van der Waals surface area contributed by atoms with Crippen molar-refractivity contribution in [1.82, 2.24) is 25.2 Å². The normalized spacial score (nSPS) is 13.7. The molecular formula is C15H22F3IN6. The predicted octanol–water partition coefficient (Wildman–Crippen LogP) is 3.08. The van der Waals surface area contributed by atoms with E-state index in [4.69, 9.17) is 0 Å². The zero-order valence-corrected chi connectivity index (χ0v) is 16.8. The van der Waals surface area contributed by atoms with Crippen molar-refractivity contribution in [2.45, 2.75) is 39.5 Å². The highest BCUT2D eigenvalue weighted by Gasteiger charge is 2.31. The van der Waals surface area contributed by atoms with Crippen LogP contribution in [0.4, 0.5) is 13.2 Å². The summed E-state index contributed by atoms with van der Waals surface area (Å²) >= 11 is 0. The van der Waals surface area contributed by atoms with Crippen molar-refractivity contribution >= 4 is 35.6 Å². The summed E-state index contributed by atoms with van der Waals surface area (Å²) < 4.78 is 39.9. The minimum absolute atomic E-state index is 0. The molecule has 0 bridgehead atoms. The average Bonchev–Trinajstić information content (AvgIpc) is 2.92. The lowest BCUT2D eigenvalue weighted by Gasteiger charge is -2.20. The molecule has 140 valence electrons. The van der Waals surface area contributed by atoms with Gasteiger partial charge in [0.25, 0.3) is 0 Å². The van der Waals surface area contributed by atoms with Gasteiger partial charge in [-0.3, -0.25) is 9.39 Å². The van der Waals surface area contributed by atoms with E-state index in [0.717, 1.165) is 12.3 Å². The Morgan fingerprint density at radius 3 is 2.48 bits per heavy atom. The number of hydrogen-bond donors (Lipinski definition) is 2. The van der Waals surface area contributed by atoms with Crippen LogP contribution >= 0.6 is 24.0 Å². The Morgan fingerprint density at radius 1 is 1.24 bits per heavy atom. The van der Waals surface area contributed by atoms with Crippen LogP contribution in [0.3, 0.4) is 0 Å². The summed E-state index contributed by atoms with van der Waals surface area (Å²) in [5.74, 6) is 1.34. The van der Waals surface area contributed by atoms with Gasteiger partial charge >= 0.3 is 6.18 Å². The molecule has 10 heteroatoms. The first kappa shape index (κ1) is 21.5. The van der Waals surface area contributed by atoms with Gasteiger partial charge in [0.15, 0.2) is 17.4 Å². The van der Waals surface area contributed by atoms with Crippen molar-refractivity contribution in [2.75, 3.05) is 7.05 Å². The molecule has 2 aromatic rings. The zero-order chi connectivity index (χ0) is 17.9. The molecule has 0 radical (unpaired) electrons. The third kappa shape index (κ3) is 5.44. The quantitative estimate of drug-likeness (QED) is 0.410. The third-order valence-corrected chi connectivity index (χ3v) is 3.80. The predicted molar refractivity (Wildman–Crippen MR) is 101 cm³/mol. The molecule has 6 nitrogen and oxygen atoms in total. The van der Waals surface area contributed by atoms with Gasteiger partial charge in [-0.05, 0) is 25.0 Å². The fourth-order valence-electron chi connectivity index (χ4n) is 1.97. The summed E-state index contributed by atoms with van der Waals surface area (Å²) in [5.41, 5.74) is -0.384. The van der Waals surface area contributed by atoms with E-state index in [2.05, 4.69) is 39.7 Å². The second kappa shape index (κ2) is 8.68. The fraction of sp³-hybridized carbons (Fsp3) is 0.533. The first-order valence-electron chi connectivity index (χ1n) is 7.60. The molecule has 2 N–H and O–H groups in total. The summed E-state index contributed by atoms with van der Waals surface area (Å²) in [6.07, 6.45) is -3.41. The SMILES string of the molecule is CN=C(NCc1nnc2ccc(C(F)(F)F)cn12)NC(C)C(C)C.I. The monoisotopic (exact) mass is 470 g/mol. The van der Waals surface area contributed by atoms with Crippen molar-refractivity contribution in [3.05, 3.63) is 29.7 Å². The van der Waals surface area contributed by atoms with Gasteiger partial charge in [0.2, 0.25) is 0 Å². The topological polar surface area (TPSA) is 66.6 Å². The number of guanidine groups is 1. The molecule has 0 aliphatic carbocycles. The van der Waals surface area contributed by atoms with E-state index in [1.807, 2.05) is 6.92 Å². The highest BCUT2D eigenvalue weighted by molar-refractivity contribution is 14.0. The maximum absolute atomic E-state index is 12.8. The van der Waals surface area contributed by atoms with Crippen LogP contribution < -0.4 is 10.6 Å². The molecule has 1 unspecified atom stereocenters. The van der Waals surface area contributed by atoms with Gasteiger partial charge in [0.1, 0.15) is 0 Å². The molecule has 0 aliphatic heterocycles. The van der Waals surface area contributed by atoms with Crippen LogP contribution in [-0.4, -0.2) is 33.6 Å². The van der Waals surface area contributed by atoms with Crippen LogP contribution in [0, 0.1) is 5.92 Å². The standard InChI is InChI=1S/C15H21F3N6.HI/c1-9(2)10(3)21-14(19-4)20-7-13-23-22-12-6-5-11(8-24(12)13)15(16,17)18;/h5-6,8-10H,7H2,1-4H3,(H2,19,20,21);1H. The van der Waals surface area contributed by atoms with Gasteiger partial charge in [-0.15, -0.1) is 34.2 Å². The summed E-state index contributed by atoms with van der Waals surface area (Å²) in [4.78, 5) is 4.10. The maximum atomic E-state index is 12.8. The average molecular weight is 470 g/mol. The Bertz CT molecular complexity index is 726. The Labute approximate surface area is 161 Å². The number of hydrogen-bond acceptors (Lipinski definition) is 3. The number of nitrogens with one attached hydrogen (secondary N) is 2. The van der Waals surface area contributed by atoms with Crippen LogP contribution in [0.25, 0.3) is 5.65 Å². The Morgan fingerprint density at radius 2 is 1.92 bits per heavy atom. The third-order valence-electron chi connectivity index (χ3n) is 3.80. The number of aliphatic imine (C=N–C) groups is 1. The van der Waals surface area contributed by atoms with E-state index >= 15 is 0 Å². The molecule has 0 fully saturated rings. The van der Waals surface area contributed by atoms with Gasteiger partial charge < -0.3 is 10.6 Å². The second-order valence-corrected chi connectivity index (χ2v) is 5.86. The molecule has 0 amide bonds. The molecule has 2 aromatic heterocycles. The van der Waals surface area contributed by atoms with Crippen LogP contribution in [0.2, 0.25) is 0 Å². The molecule has 0 aliphatic rings. The first-order valence-corrected chi connectivity index (χ1v) is 7.60. The minimum atomic E-state index is -4.41. The molecule has 0 spiro atoms. The van der Waals surface area contributed by atoms with Crippen molar-refractivity contribution < 1.29 is 13.2 Å². The van der Waals surface area contributed by atoms with E-state index in [1.54, 1.807) is 7.05 Å². The van der Waals surface area contributed by atoms with Crippen molar-refractivity contribution in [3.8, 4) is 0 Å². The molecule has 2 heterocycles. The summed E-state index contributed by atoms with van der Waals surface area (Å²) in [6.45, 7) is 6.39. The van der Waals surface area contributed by atoms with Gasteiger partial charge in [-0.2, -0.15) is 13.2 Å². The number of alkyl halides is 3. The largest absolute Gasteiger partial charge is 0.417 e. The number of rotatable bonds is 4. The van der Waals surface area contributed by atoms with Crippen LogP contribution in [0.1, 0.15) is 32.2 Å². The van der Waals surface area contributed by atoms with Crippen LogP contribution in [0.15, 0.2) is 23.3 Å². The van der Waals surface area contributed by atoms with E-state index in [0.29, 0.717) is 23.3 Å². The lowest BCUT2D eigenvalue weighted by Crippen LogP contribution is -2.44. The van der Waals surface area contributed by atoms with E-state index in [9.17, 15) is 13.2 Å². The molecule has 0 saturated heterocycles. The Balaban J connectivity index is 0.00000312. The second-order valence-electron chi connectivity index (χ2n) is 5.86. The Hall–Kier alpha value is -1.59. The highest BCUT2D eigenvalue weighted by Crippen LogP contribution is 2.29. The van der Waals surface area contributed by atoms with E-state index < -0.39 is 11.7 Å². The number of fused-ring (bicyclic) bond motifs is 1. The van der Waals surface area contributed by atoms with Crippen LogP contribution in [-0.2, 0) is 12.7 Å². The molecular weight excluding hydrogens is 448 g/mol. The number of aromatic nitrogens is 3. The van der Waals surface area contributed by atoms with Crippen molar-refractivity contribution in [1.29, 1.82) is 0 Å². The van der Waals surface area contributed by atoms with Gasteiger partial charge in [0, 0.05) is 19.3 Å². The van der Waals surface area contributed by atoms with Gasteiger partial charge in [-0.25, -0.2) is 0 Å². The number of pyridine rings is 1. The molecule has 25 heavy (non-hydrogen) atoms. The lowest BCUT2D eigenvalue weighted by molar-refractivity contribution is -0.137. The fourth-order valence-corrected chi connectivity index (χ4v) is 1.97. The zero-order valence-electron chi connectivity index (χ0n) is 14.4. The van der Waals surface area contributed by atoms with Crippen molar-refractivity contribution in [2.24, 2.45) is 10.9 Å². The van der Waals surface area contributed by atoms with E-state index in [-0.39, 0.29) is 36.6 Å². The van der Waals surface area contributed by atoms with Crippen molar-refractivity contribution in [3.63, 3.8) is 0 Å². The maximum Gasteiger partial charge on any atom is 0.417 e. The summed E-state index contributed by atoms with van der Waals surface area (Å²) in [6, 6.07) is 2.49. The molecule has 2 rings (SSSR count). The summed E-state index contributed by atoms with van der Waals surface area (Å²) in [5, 5.41) is 14.1. The minimum Gasteiger partial charge on any atom is -0.354 e. The number of nitrogens with zero attached hydrogens (tertiary/aromatic N) is 4. The smallest absolute Gasteiger partial charge is 0.354 e. The van der Waals surface area contributed by atoms with Gasteiger partial charge in [-0.1, -0.05) is 13.8 Å². The molecule has 1 atom stereocenters. The van der Waals surface area contributed by atoms with Gasteiger partial charge in [0.05, 0.1) is 12.1 Å². The molecule has 0 aromatic carbocycles.